The number of aliphatic imine (C=N–C) groups is 1. The number of allylic oxidation sites excluding steroid dienone is 2. The third kappa shape index (κ3) is 6.61. The van der Waals surface area contributed by atoms with Gasteiger partial charge in [-0.15, -0.1) is 12.6 Å². The van der Waals surface area contributed by atoms with Gasteiger partial charge in [-0.3, -0.25) is 9.78 Å². The molecule has 0 bridgehead atoms. The van der Waals surface area contributed by atoms with Crippen LogP contribution in [0.25, 0.3) is 5.57 Å². The van der Waals surface area contributed by atoms with Crippen molar-refractivity contribution in [3.63, 3.8) is 0 Å². The monoisotopic (exact) mass is 483 g/mol. The van der Waals surface area contributed by atoms with Gasteiger partial charge in [-0.25, -0.2) is 4.99 Å². The fraction of sp³-hybridized carbons (Fsp3) is 0.615. The molecule has 2 aliphatic rings. The molecule has 8 heteroatoms. The third-order valence-corrected chi connectivity index (χ3v) is 6.73. The molecule has 1 aliphatic heterocycles. The highest BCUT2D eigenvalue weighted by Crippen LogP contribution is 2.44. The van der Waals surface area contributed by atoms with Crippen LogP contribution in [0.15, 0.2) is 23.2 Å². The van der Waals surface area contributed by atoms with Crippen molar-refractivity contribution in [3.05, 3.63) is 29.6 Å². The summed E-state index contributed by atoms with van der Waals surface area (Å²) in [6, 6.07) is 5.72. The van der Waals surface area contributed by atoms with Gasteiger partial charge in [0, 0.05) is 11.6 Å². The van der Waals surface area contributed by atoms with Gasteiger partial charge in [-0.1, -0.05) is 19.9 Å². The number of rotatable bonds is 4. The molecule has 0 spiro atoms. The number of amidine groups is 1. The van der Waals surface area contributed by atoms with E-state index in [1.165, 1.54) is 0 Å². The Kier molecular flexibility index (Phi) is 7.49. The Balaban J connectivity index is 1.98. The molecule has 184 valence electrons. The van der Waals surface area contributed by atoms with Crippen LogP contribution in [0.2, 0.25) is 0 Å². The van der Waals surface area contributed by atoms with Crippen molar-refractivity contribution in [1.29, 1.82) is 5.26 Å². The Morgan fingerprint density at radius 3 is 2.47 bits per heavy atom. The van der Waals surface area contributed by atoms with Crippen LogP contribution in [-0.2, 0) is 9.53 Å². The van der Waals surface area contributed by atoms with Crippen molar-refractivity contribution in [2.75, 3.05) is 5.32 Å². The van der Waals surface area contributed by atoms with Crippen molar-refractivity contribution in [1.82, 2.24) is 4.98 Å². The van der Waals surface area contributed by atoms with Crippen LogP contribution in [0.5, 0.6) is 0 Å². The first kappa shape index (κ1) is 26.2. The molecule has 3 N–H and O–H groups in total. The van der Waals surface area contributed by atoms with E-state index in [9.17, 15) is 4.79 Å². The molecule has 1 aliphatic carbocycles. The van der Waals surface area contributed by atoms with Gasteiger partial charge in [0.25, 0.3) is 5.91 Å². The van der Waals surface area contributed by atoms with E-state index in [0.717, 1.165) is 49.1 Å². The van der Waals surface area contributed by atoms with Gasteiger partial charge >= 0.3 is 0 Å². The number of aromatic nitrogens is 1. The summed E-state index contributed by atoms with van der Waals surface area (Å²) < 4.78 is 6.27. The fourth-order valence-corrected chi connectivity index (χ4v) is 5.17. The highest BCUT2D eigenvalue weighted by molar-refractivity contribution is 7.81. The Morgan fingerprint density at radius 1 is 1.26 bits per heavy atom. The fourth-order valence-electron chi connectivity index (χ4n) is 5.04. The third-order valence-electron chi connectivity index (χ3n) is 6.50. The van der Waals surface area contributed by atoms with Crippen molar-refractivity contribution >= 4 is 35.6 Å². The molecule has 3 rings (SSSR count). The van der Waals surface area contributed by atoms with Crippen LogP contribution in [0.4, 0.5) is 5.69 Å². The molecule has 0 saturated carbocycles. The SMILES string of the molecule is CC1(C)CC=C(c2nc(C3CC(C)(C)OC(C)(C)C3)ccc2NC(=O)/C(N)=N/C(S)C#N)CC1. The minimum absolute atomic E-state index is 0.245. The lowest BCUT2D eigenvalue weighted by Gasteiger charge is -2.45. The van der Waals surface area contributed by atoms with Gasteiger partial charge in [-0.2, -0.15) is 5.26 Å². The highest BCUT2D eigenvalue weighted by atomic mass is 32.1. The number of hydrogen-bond donors (Lipinski definition) is 3. The number of carbonyl (C=O) groups excluding carboxylic acids is 1. The second-order valence-corrected chi connectivity index (χ2v) is 11.9. The second-order valence-electron chi connectivity index (χ2n) is 11.4. The molecule has 1 fully saturated rings. The molecule has 0 aromatic carbocycles. The molecule has 34 heavy (non-hydrogen) atoms. The van der Waals surface area contributed by atoms with Crippen molar-refractivity contribution < 1.29 is 9.53 Å². The number of carbonyl (C=O) groups is 1. The Morgan fingerprint density at radius 2 is 1.91 bits per heavy atom. The van der Waals surface area contributed by atoms with E-state index in [-0.39, 0.29) is 28.4 Å². The summed E-state index contributed by atoms with van der Waals surface area (Å²) in [5.41, 5.74) is 9.06. The molecule has 1 unspecified atom stereocenters. The lowest BCUT2D eigenvalue weighted by molar-refractivity contribution is -0.162. The maximum Gasteiger partial charge on any atom is 0.290 e. The first-order chi connectivity index (χ1) is 15.7. The summed E-state index contributed by atoms with van der Waals surface area (Å²) in [6.07, 6.45) is 6.86. The number of nitriles is 1. The predicted octanol–water partition coefficient (Wildman–Crippen LogP) is 5.20. The normalized spacial score (nSPS) is 22.9. The molecule has 1 aromatic rings. The summed E-state index contributed by atoms with van der Waals surface area (Å²) >= 11 is 3.97. The molecule has 1 saturated heterocycles. The number of hydrogen-bond acceptors (Lipinski definition) is 6. The first-order valence-electron chi connectivity index (χ1n) is 11.8. The number of amides is 1. The van der Waals surface area contributed by atoms with E-state index < -0.39 is 11.3 Å². The number of thiol groups is 1. The smallest absolute Gasteiger partial charge is 0.290 e. The molecular weight excluding hydrogens is 446 g/mol. The Labute approximate surface area is 208 Å². The topological polar surface area (TPSA) is 113 Å². The maximum atomic E-state index is 12.7. The van der Waals surface area contributed by atoms with Gasteiger partial charge in [0.15, 0.2) is 11.2 Å². The van der Waals surface area contributed by atoms with Crippen molar-refractivity contribution in [2.45, 2.75) is 96.1 Å². The molecule has 1 amide bonds. The van der Waals surface area contributed by atoms with Crippen LogP contribution in [-0.4, -0.2) is 33.3 Å². The Hall–Kier alpha value is -2.37. The zero-order valence-electron chi connectivity index (χ0n) is 21.1. The van der Waals surface area contributed by atoms with E-state index in [1.54, 1.807) is 0 Å². The average Bonchev–Trinajstić information content (AvgIpc) is 2.71. The number of anilines is 1. The van der Waals surface area contributed by atoms with Gasteiger partial charge in [0.1, 0.15) is 6.07 Å². The maximum absolute atomic E-state index is 12.7. The number of pyridine rings is 1. The summed E-state index contributed by atoms with van der Waals surface area (Å²) in [4.78, 5) is 21.6. The van der Waals surface area contributed by atoms with E-state index in [0.29, 0.717) is 5.69 Å². The summed E-state index contributed by atoms with van der Waals surface area (Å²) in [6.45, 7) is 13.0. The zero-order valence-corrected chi connectivity index (χ0v) is 22.0. The standard InChI is InChI=1S/C26H37N5O2S/c1-24(2)11-9-16(10-12-24)21-19(30-23(32)22(28)31-20(34)15-27)8-7-18(29-21)17-13-25(3,4)33-26(5,6)14-17/h7-9,17,20,34H,10-14H2,1-6H3,(H2,28,31)(H,30,32). The van der Waals surface area contributed by atoms with E-state index in [4.69, 9.17) is 20.7 Å². The summed E-state index contributed by atoms with van der Waals surface area (Å²) in [5.74, 6) is -0.617. The van der Waals surface area contributed by atoms with Crippen LogP contribution in [0.3, 0.4) is 0 Å². The molecule has 7 nitrogen and oxygen atoms in total. The number of nitrogens with two attached hydrogens (primary N) is 1. The van der Waals surface area contributed by atoms with Gasteiger partial charge in [0.05, 0.1) is 22.6 Å². The molecule has 0 radical (unpaired) electrons. The summed E-state index contributed by atoms with van der Waals surface area (Å²) in [5, 5.41) is 10.8. The lowest BCUT2D eigenvalue weighted by atomic mass is 9.77. The van der Waals surface area contributed by atoms with E-state index >= 15 is 0 Å². The van der Waals surface area contributed by atoms with Crippen LogP contribution >= 0.6 is 12.6 Å². The average molecular weight is 484 g/mol. The van der Waals surface area contributed by atoms with Gasteiger partial charge in [0.2, 0.25) is 0 Å². The molecule has 1 aromatic heterocycles. The van der Waals surface area contributed by atoms with E-state index in [2.05, 4.69) is 70.6 Å². The van der Waals surface area contributed by atoms with Gasteiger partial charge in [-0.05, 0) is 82.9 Å². The molecule has 2 heterocycles. The molecular formula is C26H37N5O2S. The van der Waals surface area contributed by atoms with Crippen LogP contribution in [0, 0.1) is 16.7 Å². The Bertz CT molecular complexity index is 1040. The highest BCUT2D eigenvalue weighted by Gasteiger charge is 2.40. The van der Waals surface area contributed by atoms with Gasteiger partial charge < -0.3 is 15.8 Å². The number of nitrogens with one attached hydrogen (secondary N) is 1. The summed E-state index contributed by atoms with van der Waals surface area (Å²) in [7, 11) is 0. The minimum atomic E-state index is -0.991. The largest absolute Gasteiger partial charge is 0.379 e. The lowest BCUT2D eigenvalue weighted by Crippen LogP contribution is -2.44. The first-order valence-corrected chi connectivity index (χ1v) is 12.3. The quantitative estimate of drug-likeness (QED) is 0.309. The van der Waals surface area contributed by atoms with Crippen molar-refractivity contribution in [3.8, 4) is 6.07 Å². The van der Waals surface area contributed by atoms with Crippen LogP contribution in [0.1, 0.15) is 91.0 Å². The molecule has 1 atom stereocenters. The van der Waals surface area contributed by atoms with Crippen molar-refractivity contribution in [2.24, 2.45) is 16.1 Å². The second kappa shape index (κ2) is 9.71. The van der Waals surface area contributed by atoms with E-state index in [1.807, 2.05) is 18.2 Å². The number of ether oxygens (including phenoxy) is 1. The minimum Gasteiger partial charge on any atom is -0.379 e. The zero-order chi connectivity index (χ0) is 25.3. The predicted molar refractivity (Wildman–Crippen MR) is 140 cm³/mol. The number of nitrogens with zero attached hydrogens (tertiary/aromatic N) is 3. The van der Waals surface area contributed by atoms with Crippen LogP contribution < -0.4 is 11.1 Å².